The minimum Gasteiger partial charge on any atom is -0.370 e. The van der Waals surface area contributed by atoms with Gasteiger partial charge in [0.15, 0.2) is 5.78 Å². The van der Waals surface area contributed by atoms with E-state index in [4.69, 9.17) is 4.74 Å². The average Bonchev–Trinajstić information content (AvgIpc) is 3.13. The minimum absolute atomic E-state index is 0.0895. The number of ketones is 1. The standard InChI is InChI=1S/C14H16BrFO2/c1-2-18-14(9-3-4-9)13(17)7-10-5-6-11(16)8-12(10)15/h5-6,8-9,14H,2-4,7H2,1H3. The van der Waals surface area contributed by atoms with Crippen molar-refractivity contribution >= 4 is 21.7 Å². The fraction of sp³-hybridized carbons (Fsp3) is 0.500. The van der Waals surface area contributed by atoms with Gasteiger partial charge >= 0.3 is 0 Å². The highest BCUT2D eigenvalue weighted by Crippen LogP contribution is 2.35. The second kappa shape index (κ2) is 5.93. The summed E-state index contributed by atoms with van der Waals surface area (Å²) < 4.78 is 19.1. The van der Waals surface area contributed by atoms with Gasteiger partial charge in [-0.1, -0.05) is 22.0 Å². The lowest BCUT2D eigenvalue weighted by Gasteiger charge is -2.15. The number of ether oxygens (including phenoxy) is 1. The van der Waals surface area contributed by atoms with Gasteiger partial charge in [-0.3, -0.25) is 4.79 Å². The third-order valence-electron chi connectivity index (χ3n) is 3.09. The first-order valence-electron chi connectivity index (χ1n) is 6.20. The van der Waals surface area contributed by atoms with Crippen LogP contribution >= 0.6 is 15.9 Å². The predicted molar refractivity (Wildman–Crippen MR) is 70.9 cm³/mol. The molecule has 0 heterocycles. The quantitative estimate of drug-likeness (QED) is 0.803. The number of hydrogen-bond acceptors (Lipinski definition) is 2. The number of benzene rings is 1. The van der Waals surface area contributed by atoms with Gasteiger partial charge in [0.25, 0.3) is 0 Å². The molecule has 2 nitrogen and oxygen atoms in total. The van der Waals surface area contributed by atoms with Gasteiger partial charge in [-0.15, -0.1) is 0 Å². The van der Waals surface area contributed by atoms with Crippen molar-refractivity contribution in [3.05, 3.63) is 34.1 Å². The molecule has 0 aromatic heterocycles. The van der Waals surface area contributed by atoms with Crippen LogP contribution < -0.4 is 0 Å². The lowest BCUT2D eigenvalue weighted by atomic mass is 10.0. The summed E-state index contributed by atoms with van der Waals surface area (Å²) >= 11 is 3.28. The Morgan fingerprint density at radius 1 is 1.56 bits per heavy atom. The zero-order valence-electron chi connectivity index (χ0n) is 10.3. The number of Topliss-reactive ketones (excluding diaryl/α,β-unsaturated/α-hetero) is 1. The van der Waals surface area contributed by atoms with Crippen LogP contribution in [0.2, 0.25) is 0 Å². The number of hydrogen-bond donors (Lipinski definition) is 0. The van der Waals surface area contributed by atoms with Crippen molar-refractivity contribution in [2.75, 3.05) is 6.61 Å². The Balaban J connectivity index is 2.05. The third kappa shape index (κ3) is 3.39. The molecule has 1 aromatic carbocycles. The summed E-state index contributed by atoms with van der Waals surface area (Å²) in [5.41, 5.74) is 0.812. The highest BCUT2D eigenvalue weighted by Gasteiger charge is 2.36. The second-order valence-electron chi connectivity index (χ2n) is 4.59. The van der Waals surface area contributed by atoms with E-state index in [0.717, 1.165) is 18.4 Å². The molecule has 18 heavy (non-hydrogen) atoms. The van der Waals surface area contributed by atoms with E-state index in [9.17, 15) is 9.18 Å². The van der Waals surface area contributed by atoms with Crippen LogP contribution in [0.3, 0.4) is 0 Å². The number of carbonyl (C=O) groups is 1. The van der Waals surface area contributed by atoms with Crippen LogP contribution in [0.4, 0.5) is 4.39 Å². The zero-order chi connectivity index (χ0) is 13.1. The molecule has 1 saturated carbocycles. The van der Waals surface area contributed by atoms with Gasteiger partial charge in [-0.05, 0) is 43.4 Å². The molecule has 98 valence electrons. The Labute approximate surface area is 115 Å². The van der Waals surface area contributed by atoms with Crippen molar-refractivity contribution in [3.8, 4) is 0 Å². The summed E-state index contributed by atoms with van der Waals surface area (Å²) in [5.74, 6) is 0.171. The van der Waals surface area contributed by atoms with Crippen LogP contribution in [0.5, 0.6) is 0 Å². The van der Waals surface area contributed by atoms with Crippen LogP contribution in [-0.2, 0) is 16.0 Å². The smallest absolute Gasteiger partial charge is 0.166 e. The predicted octanol–water partition coefficient (Wildman–Crippen LogP) is 3.51. The fourth-order valence-electron chi connectivity index (χ4n) is 2.02. The van der Waals surface area contributed by atoms with Crippen molar-refractivity contribution < 1.29 is 13.9 Å². The highest BCUT2D eigenvalue weighted by molar-refractivity contribution is 9.10. The topological polar surface area (TPSA) is 26.3 Å². The van der Waals surface area contributed by atoms with E-state index in [1.54, 1.807) is 6.07 Å². The van der Waals surface area contributed by atoms with Gasteiger partial charge < -0.3 is 4.74 Å². The first-order valence-corrected chi connectivity index (χ1v) is 6.99. The normalized spacial score (nSPS) is 16.6. The molecule has 4 heteroatoms. The Morgan fingerprint density at radius 3 is 2.83 bits per heavy atom. The monoisotopic (exact) mass is 314 g/mol. The molecule has 0 bridgehead atoms. The Hall–Kier alpha value is -0.740. The van der Waals surface area contributed by atoms with Gasteiger partial charge in [-0.2, -0.15) is 0 Å². The molecular weight excluding hydrogens is 299 g/mol. The molecule has 1 unspecified atom stereocenters. The van der Waals surface area contributed by atoms with Crippen molar-refractivity contribution in [2.24, 2.45) is 5.92 Å². The van der Waals surface area contributed by atoms with Gasteiger partial charge in [0.2, 0.25) is 0 Å². The highest BCUT2D eigenvalue weighted by atomic mass is 79.9. The van der Waals surface area contributed by atoms with Crippen molar-refractivity contribution in [1.82, 2.24) is 0 Å². The molecule has 1 aliphatic carbocycles. The fourth-order valence-corrected chi connectivity index (χ4v) is 2.51. The molecule has 1 fully saturated rings. The Morgan fingerprint density at radius 2 is 2.28 bits per heavy atom. The van der Waals surface area contributed by atoms with Crippen molar-refractivity contribution in [2.45, 2.75) is 32.3 Å². The van der Waals surface area contributed by atoms with Crippen LogP contribution in [-0.4, -0.2) is 18.5 Å². The third-order valence-corrected chi connectivity index (χ3v) is 3.83. The van der Waals surface area contributed by atoms with Gasteiger partial charge in [0.1, 0.15) is 11.9 Å². The maximum Gasteiger partial charge on any atom is 0.166 e. The van der Waals surface area contributed by atoms with Gasteiger partial charge in [-0.25, -0.2) is 4.39 Å². The summed E-state index contributed by atoms with van der Waals surface area (Å²) in [4.78, 5) is 12.2. The van der Waals surface area contributed by atoms with Crippen molar-refractivity contribution in [3.63, 3.8) is 0 Å². The lowest BCUT2D eigenvalue weighted by molar-refractivity contribution is -0.130. The van der Waals surface area contributed by atoms with E-state index in [1.807, 2.05) is 6.92 Å². The Bertz CT molecular complexity index is 443. The summed E-state index contributed by atoms with van der Waals surface area (Å²) in [7, 11) is 0. The molecule has 0 N–H and O–H groups in total. The van der Waals surface area contributed by atoms with E-state index in [-0.39, 0.29) is 17.7 Å². The molecule has 1 aromatic rings. The average molecular weight is 315 g/mol. The molecule has 0 spiro atoms. The second-order valence-corrected chi connectivity index (χ2v) is 5.45. The molecule has 0 radical (unpaired) electrons. The van der Waals surface area contributed by atoms with E-state index >= 15 is 0 Å². The van der Waals surface area contributed by atoms with Crippen LogP contribution in [0.25, 0.3) is 0 Å². The van der Waals surface area contributed by atoms with E-state index < -0.39 is 0 Å². The minimum atomic E-state index is -0.304. The number of halogens is 2. The first kappa shape index (κ1) is 13.7. The molecule has 0 saturated heterocycles. The van der Waals surface area contributed by atoms with Crippen LogP contribution in [0, 0.1) is 11.7 Å². The van der Waals surface area contributed by atoms with Gasteiger partial charge in [0.05, 0.1) is 0 Å². The summed E-state index contributed by atoms with van der Waals surface area (Å²) in [6, 6.07) is 4.41. The largest absolute Gasteiger partial charge is 0.370 e. The molecule has 0 aliphatic heterocycles. The lowest BCUT2D eigenvalue weighted by Crippen LogP contribution is -2.28. The Kier molecular flexibility index (Phi) is 4.51. The molecule has 0 amide bonds. The van der Waals surface area contributed by atoms with E-state index in [2.05, 4.69) is 15.9 Å². The first-order chi connectivity index (χ1) is 8.61. The van der Waals surface area contributed by atoms with E-state index in [1.165, 1.54) is 12.1 Å². The summed E-state index contributed by atoms with van der Waals surface area (Å²) in [6.07, 6.45) is 2.15. The SMILES string of the molecule is CCOC(C(=O)Cc1ccc(F)cc1Br)C1CC1. The summed E-state index contributed by atoms with van der Waals surface area (Å²) in [5, 5.41) is 0. The maximum absolute atomic E-state index is 13.0. The molecular formula is C14H16BrFO2. The van der Waals surface area contributed by atoms with Gasteiger partial charge in [0, 0.05) is 17.5 Å². The zero-order valence-corrected chi connectivity index (χ0v) is 11.9. The van der Waals surface area contributed by atoms with E-state index in [0.29, 0.717) is 23.4 Å². The molecule has 2 rings (SSSR count). The van der Waals surface area contributed by atoms with Crippen molar-refractivity contribution in [1.29, 1.82) is 0 Å². The molecule has 1 aliphatic rings. The number of carbonyl (C=O) groups excluding carboxylic acids is 1. The maximum atomic E-state index is 13.0. The van der Waals surface area contributed by atoms with Crippen LogP contribution in [0.15, 0.2) is 22.7 Å². The summed E-state index contributed by atoms with van der Waals surface area (Å²) in [6.45, 7) is 2.45. The number of rotatable bonds is 6. The van der Waals surface area contributed by atoms with Crippen LogP contribution in [0.1, 0.15) is 25.3 Å². The molecule has 1 atom stereocenters.